The van der Waals surface area contributed by atoms with Crippen molar-refractivity contribution in [2.24, 2.45) is 5.92 Å². The standard InChI is InChI=1S/C32H34N2O3S/c1-4-8-21-12-14-22(15-13-21)27-19-25(23-9-6-7-10-26(23)33-27)30(35)34-31-29(32(36)37-17-5-2)24-16-11-20(3)18-28(24)38-31/h6-7,9-10,12-15,19-20H,4-5,8,11,16-18H2,1-3H3,(H,34,35)/t20-/m0/s1. The first-order valence-corrected chi connectivity index (χ1v) is 14.4. The molecule has 0 spiro atoms. The van der Waals surface area contributed by atoms with E-state index in [1.165, 1.54) is 21.8 Å². The lowest BCUT2D eigenvalue weighted by atomic mass is 9.88. The van der Waals surface area contributed by atoms with Gasteiger partial charge in [0.15, 0.2) is 0 Å². The number of hydrogen-bond acceptors (Lipinski definition) is 5. The molecule has 5 rings (SSSR count). The normalized spacial score (nSPS) is 14.8. The monoisotopic (exact) mass is 526 g/mol. The van der Waals surface area contributed by atoms with Crippen LogP contribution in [-0.4, -0.2) is 23.5 Å². The zero-order valence-electron chi connectivity index (χ0n) is 22.3. The topological polar surface area (TPSA) is 68.3 Å². The summed E-state index contributed by atoms with van der Waals surface area (Å²) in [5.74, 6) is -0.0371. The summed E-state index contributed by atoms with van der Waals surface area (Å²) >= 11 is 1.51. The molecule has 0 radical (unpaired) electrons. The van der Waals surface area contributed by atoms with E-state index >= 15 is 0 Å². The molecule has 1 aliphatic rings. The quantitative estimate of drug-likeness (QED) is 0.237. The highest BCUT2D eigenvalue weighted by molar-refractivity contribution is 7.17. The molecule has 0 bridgehead atoms. The first kappa shape index (κ1) is 26.1. The van der Waals surface area contributed by atoms with E-state index in [0.717, 1.165) is 66.2 Å². The molecule has 2 aromatic heterocycles. The number of para-hydroxylation sites is 1. The second-order valence-corrected chi connectivity index (χ2v) is 11.3. The molecule has 196 valence electrons. The number of hydrogen-bond donors (Lipinski definition) is 1. The average molecular weight is 527 g/mol. The molecule has 2 aromatic carbocycles. The van der Waals surface area contributed by atoms with Crippen molar-refractivity contribution in [1.29, 1.82) is 0 Å². The Bertz CT molecular complexity index is 1470. The van der Waals surface area contributed by atoms with Gasteiger partial charge in [-0.05, 0) is 61.3 Å². The molecule has 0 saturated carbocycles. The summed E-state index contributed by atoms with van der Waals surface area (Å²) in [4.78, 5) is 33.0. The van der Waals surface area contributed by atoms with Gasteiger partial charge in [-0.3, -0.25) is 4.79 Å². The first-order chi connectivity index (χ1) is 18.5. The van der Waals surface area contributed by atoms with Gasteiger partial charge in [0, 0.05) is 15.8 Å². The van der Waals surface area contributed by atoms with Gasteiger partial charge < -0.3 is 10.1 Å². The van der Waals surface area contributed by atoms with E-state index in [4.69, 9.17) is 9.72 Å². The molecule has 1 amide bonds. The number of nitrogens with zero attached hydrogens (tertiary/aromatic N) is 1. The van der Waals surface area contributed by atoms with E-state index in [9.17, 15) is 9.59 Å². The number of esters is 1. The number of fused-ring (bicyclic) bond motifs is 2. The fourth-order valence-electron chi connectivity index (χ4n) is 5.13. The molecule has 6 heteroatoms. The van der Waals surface area contributed by atoms with Gasteiger partial charge in [0.05, 0.1) is 28.9 Å². The van der Waals surface area contributed by atoms with E-state index in [1.807, 2.05) is 37.3 Å². The number of carbonyl (C=O) groups is 2. The Labute approximate surface area is 228 Å². The lowest BCUT2D eigenvalue weighted by molar-refractivity contribution is 0.0505. The van der Waals surface area contributed by atoms with E-state index in [-0.39, 0.29) is 11.9 Å². The summed E-state index contributed by atoms with van der Waals surface area (Å²) in [5, 5.41) is 4.47. The number of rotatable bonds is 8. The van der Waals surface area contributed by atoms with Crippen LogP contribution in [0.1, 0.15) is 76.8 Å². The summed E-state index contributed by atoms with van der Waals surface area (Å²) in [6.07, 6.45) is 5.65. The first-order valence-electron chi connectivity index (χ1n) is 13.6. The van der Waals surface area contributed by atoms with Gasteiger partial charge in [0.2, 0.25) is 0 Å². The van der Waals surface area contributed by atoms with Crippen molar-refractivity contribution >= 4 is 39.1 Å². The van der Waals surface area contributed by atoms with E-state index in [2.05, 4.69) is 43.4 Å². The van der Waals surface area contributed by atoms with Crippen LogP contribution in [0.25, 0.3) is 22.2 Å². The molecular weight excluding hydrogens is 492 g/mol. The van der Waals surface area contributed by atoms with Crippen molar-refractivity contribution in [1.82, 2.24) is 4.98 Å². The molecular formula is C32H34N2O3S. The molecule has 4 aromatic rings. The molecule has 38 heavy (non-hydrogen) atoms. The van der Waals surface area contributed by atoms with Crippen LogP contribution in [0.15, 0.2) is 54.6 Å². The van der Waals surface area contributed by atoms with Crippen LogP contribution in [0, 0.1) is 5.92 Å². The number of pyridine rings is 1. The molecule has 1 aliphatic carbocycles. The smallest absolute Gasteiger partial charge is 0.341 e. The number of benzene rings is 2. The van der Waals surface area contributed by atoms with Crippen molar-refractivity contribution in [3.63, 3.8) is 0 Å². The highest BCUT2D eigenvalue weighted by atomic mass is 32.1. The Morgan fingerprint density at radius 3 is 2.63 bits per heavy atom. The molecule has 1 N–H and O–H groups in total. The molecule has 0 unspecified atom stereocenters. The fraction of sp³-hybridized carbons (Fsp3) is 0.344. The van der Waals surface area contributed by atoms with Crippen LogP contribution in [0.2, 0.25) is 0 Å². The maximum Gasteiger partial charge on any atom is 0.341 e. The minimum atomic E-state index is -0.346. The molecule has 0 saturated heterocycles. The lowest BCUT2D eigenvalue weighted by Gasteiger charge is -2.18. The summed E-state index contributed by atoms with van der Waals surface area (Å²) in [7, 11) is 0. The van der Waals surface area contributed by atoms with E-state index in [1.54, 1.807) is 0 Å². The Balaban J connectivity index is 1.53. The summed E-state index contributed by atoms with van der Waals surface area (Å²) in [6, 6.07) is 17.9. The Kier molecular flexibility index (Phi) is 7.89. The van der Waals surface area contributed by atoms with Crippen molar-refractivity contribution < 1.29 is 14.3 Å². The second-order valence-electron chi connectivity index (χ2n) is 10.2. The highest BCUT2D eigenvalue weighted by Gasteiger charge is 2.29. The summed E-state index contributed by atoms with van der Waals surface area (Å²) in [5.41, 5.74) is 5.87. The third kappa shape index (κ3) is 5.37. The fourth-order valence-corrected chi connectivity index (χ4v) is 6.53. The Hall–Kier alpha value is -3.51. The van der Waals surface area contributed by atoms with Crippen molar-refractivity contribution in [2.45, 2.75) is 59.3 Å². The van der Waals surface area contributed by atoms with Crippen LogP contribution < -0.4 is 5.32 Å². The number of anilines is 1. The molecule has 0 aliphatic heterocycles. The Morgan fingerprint density at radius 2 is 1.87 bits per heavy atom. The van der Waals surface area contributed by atoms with Gasteiger partial charge in [-0.2, -0.15) is 0 Å². The zero-order chi connectivity index (χ0) is 26.6. The maximum absolute atomic E-state index is 13.8. The number of aromatic nitrogens is 1. The van der Waals surface area contributed by atoms with Crippen LogP contribution >= 0.6 is 11.3 Å². The maximum atomic E-state index is 13.8. The van der Waals surface area contributed by atoms with Crippen LogP contribution in [0.5, 0.6) is 0 Å². The van der Waals surface area contributed by atoms with Crippen molar-refractivity contribution in [2.75, 3.05) is 11.9 Å². The summed E-state index contributed by atoms with van der Waals surface area (Å²) in [6.45, 7) is 6.74. The molecule has 1 atom stereocenters. The van der Waals surface area contributed by atoms with Crippen LogP contribution in [0.3, 0.4) is 0 Å². The van der Waals surface area contributed by atoms with Gasteiger partial charge in [0.25, 0.3) is 5.91 Å². The third-order valence-electron chi connectivity index (χ3n) is 7.13. The van der Waals surface area contributed by atoms with Gasteiger partial charge in [-0.15, -0.1) is 11.3 Å². The van der Waals surface area contributed by atoms with Crippen LogP contribution in [-0.2, 0) is 24.0 Å². The number of thiophene rings is 1. The van der Waals surface area contributed by atoms with Gasteiger partial charge in [-0.25, -0.2) is 9.78 Å². The molecule has 0 fully saturated rings. The molecule has 5 nitrogen and oxygen atoms in total. The number of carbonyl (C=O) groups excluding carboxylic acids is 2. The van der Waals surface area contributed by atoms with Crippen molar-refractivity contribution in [3.05, 3.63) is 81.7 Å². The number of ether oxygens (including phenoxy) is 1. The number of aryl methyl sites for hydroxylation is 1. The largest absolute Gasteiger partial charge is 0.462 e. The third-order valence-corrected chi connectivity index (χ3v) is 8.30. The SMILES string of the molecule is CCCOC(=O)c1c(NC(=O)c2cc(-c3ccc(CCC)cc3)nc3ccccc23)sc2c1CC[C@H](C)C2. The predicted molar refractivity (Wildman–Crippen MR) is 155 cm³/mol. The molecule has 2 heterocycles. The highest BCUT2D eigenvalue weighted by Crippen LogP contribution is 2.40. The predicted octanol–water partition coefficient (Wildman–Crippen LogP) is 7.86. The minimum absolute atomic E-state index is 0.247. The van der Waals surface area contributed by atoms with Gasteiger partial charge in [-0.1, -0.05) is 69.7 Å². The average Bonchev–Trinajstić information content (AvgIpc) is 3.28. The lowest BCUT2D eigenvalue weighted by Crippen LogP contribution is -2.17. The minimum Gasteiger partial charge on any atom is -0.462 e. The zero-order valence-corrected chi connectivity index (χ0v) is 23.1. The number of amides is 1. The summed E-state index contributed by atoms with van der Waals surface area (Å²) < 4.78 is 5.54. The van der Waals surface area contributed by atoms with Gasteiger partial charge in [0.1, 0.15) is 5.00 Å². The van der Waals surface area contributed by atoms with E-state index < -0.39 is 0 Å². The van der Waals surface area contributed by atoms with Crippen LogP contribution in [0.4, 0.5) is 5.00 Å². The number of nitrogens with one attached hydrogen (secondary N) is 1. The Morgan fingerprint density at radius 1 is 1.08 bits per heavy atom. The van der Waals surface area contributed by atoms with Crippen molar-refractivity contribution in [3.8, 4) is 11.3 Å². The van der Waals surface area contributed by atoms with E-state index in [0.29, 0.717) is 28.7 Å². The second kappa shape index (κ2) is 11.5. The van der Waals surface area contributed by atoms with Gasteiger partial charge >= 0.3 is 5.97 Å².